The van der Waals surface area contributed by atoms with Crippen molar-refractivity contribution in [2.75, 3.05) is 13.1 Å². The number of carbonyl (C=O) groups is 1. The SMILES string of the molecule is Cl.O=C(NC1CNCCC1c1ccc(F)c(F)c1)c1csc([N+](=O)[O-])c1. The molecule has 1 saturated heterocycles. The van der Waals surface area contributed by atoms with Crippen LogP contribution in [0.25, 0.3) is 0 Å². The van der Waals surface area contributed by atoms with Crippen LogP contribution in [-0.4, -0.2) is 30.0 Å². The first-order chi connectivity index (χ1) is 12.0. The lowest BCUT2D eigenvalue weighted by atomic mass is 9.86. The minimum Gasteiger partial charge on any atom is -0.347 e. The average molecular weight is 404 g/mol. The Labute approximate surface area is 158 Å². The molecule has 0 radical (unpaired) electrons. The molecule has 1 aliphatic heterocycles. The van der Waals surface area contributed by atoms with E-state index in [1.807, 2.05) is 0 Å². The smallest absolute Gasteiger partial charge is 0.324 e. The van der Waals surface area contributed by atoms with Crippen molar-refractivity contribution in [1.29, 1.82) is 0 Å². The van der Waals surface area contributed by atoms with Crippen molar-refractivity contribution < 1.29 is 18.5 Å². The number of halogens is 3. The molecule has 1 amide bonds. The van der Waals surface area contributed by atoms with Gasteiger partial charge in [-0.15, -0.1) is 12.4 Å². The van der Waals surface area contributed by atoms with Gasteiger partial charge in [0, 0.05) is 30.0 Å². The van der Waals surface area contributed by atoms with E-state index in [9.17, 15) is 23.7 Å². The van der Waals surface area contributed by atoms with Gasteiger partial charge in [0.25, 0.3) is 5.91 Å². The van der Waals surface area contributed by atoms with Gasteiger partial charge in [-0.3, -0.25) is 14.9 Å². The number of amides is 1. The topological polar surface area (TPSA) is 84.3 Å². The molecule has 1 fully saturated rings. The first-order valence-corrected chi connectivity index (χ1v) is 8.53. The Bertz CT molecular complexity index is 818. The van der Waals surface area contributed by atoms with E-state index in [1.165, 1.54) is 17.5 Å². The molecule has 0 spiro atoms. The summed E-state index contributed by atoms with van der Waals surface area (Å²) >= 11 is 0.882. The highest BCUT2D eigenvalue weighted by Crippen LogP contribution is 2.28. The highest BCUT2D eigenvalue weighted by Gasteiger charge is 2.29. The molecular formula is C16H16ClF2N3O3S. The normalized spacial score (nSPS) is 19.5. The summed E-state index contributed by atoms with van der Waals surface area (Å²) in [6.07, 6.45) is 0.653. The Morgan fingerprint density at radius 3 is 2.73 bits per heavy atom. The fourth-order valence-corrected chi connectivity index (χ4v) is 3.65. The maximum atomic E-state index is 13.5. The lowest BCUT2D eigenvalue weighted by Gasteiger charge is -2.33. The first-order valence-electron chi connectivity index (χ1n) is 7.65. The predicted octanol–water partition coefficient (Wildman–Crippen LogP) is 3.23. The first kappa shape index (κ1) is 20.2. The Morgan fingerprint density at radius 1 is 1.31 bits per heavy atom. The standard InChI is InChI=1S/C16H15F2N3O3S.ClH/c17-12-2-1-9(5-13(12)18)11-3-4-19-7-14(11)20-16(22)10-6-15(21(23)24)25-8-10;/h1-2,5-6,8,11,14,19H,3-4,7H2,(H,20,22);1H. The van der Waals surface area contributed by atoms with Crippen LogP contribution in [0.15, 0.2) is 29.6 Å². The second kappa shape index (κ2) is 8.52. The zero-order chi connectivity index (χ0) is 18.0. The zero-order valence-electron chi connectivity index (χ0n) is 13.4. The third kappa shape index (κ3) is 4.35. The Hall–Kier alpha value is -2.10. The van der Waals surface area contributed by atoms with Crippen molar-refractivity contribution in [3.05, 3.63) is 62.5 Å². The maximum Gasteiger partial charge on any atom is 0.324 e. The number of thiophene rings is 1. The molecule has 10 heteroatoms. The van der Waals surface area contributed by atoms with E-state index in [2.05, 4.69) is 10.6 Å². The highest BCUT2D eigenvalue weighted by atomic mass is 35.5. The molecule has 1 aliphatic rings. The molecule has 6 nitrogen and oxygen atoms in total. The molecule has 3 rings (SSSR count). The summed E-state index contributed by atoms with van der Waals surface area (Å²) in [5.41, 5.74) is 0.827. The summed E-state index contributed by atoms with van der Waals surface area (Å²) in [5.74, 6) is -2.43. The number of nitrogens with zero attached hydrogens (tertiary/aromatic N) is 1. The van der Waals surface area contributed by atoms with Crippen molar-refractivity contribution in [3.63, 3.8) is 0 Å². The van der Waals surface area contributed by atoms with Gasteiger partial charge < -0.3 is 10.6 Å². The van der Waals surface area contributed by atoms with Crippen LogP contribution in [0.3, 0.4) is 0 Å². The summed E-state index contributed by atoms with van der Waals surface area (Å²) in [7, 11) is 0. The quantitative estimate of drug-likeness (QED) is 0.606. The number of carbonyl (C=O) groups excluding carboxylic acids is 1. The highest BCUT2D eigenvalue weighted by molar-refractivity contribution is 7.13. The van der Waals surface area contributed by atoms with Crippen LogP contribution in [0.2, 0.25) is 0 Å². The van der Waals surface area contributed by atoms with E-state index in [0.29, 0.717) is 25.1 Å². The van der Waals surface area contributed by atoms with Crippen LogP contribution in [-0.2, 0) is 0 Å². The largest absolute Gasteiger partial charge is 0.347 e. The number of rotatable bonds is 4. The van der Waals surface area contributed by atoms with Gasteiger partial charge in [0.05, 0.1) is 10.5 Å². The molecule has 2 N–H and O–H groups in total. The second-order valence-electron chi connectivity index (χ2n) is 5.78. The lowest BCUT2D eigenvalue weighted by Crippen LogP contribution is -2.50. The van der Waals surface area contributed by atoms with E-state index in [1.54, 1.807) is 0 Å². The number of nitro groups is 1. The third-order valence-electron chi connectivity index (χ3n) is 4.20. The van der Waals surface area contributed by atoms with Gasteiger partial charge in [0.15, 0.2) is 11.6 Å². The second-order valence-corrected chi connectivity index (χ2v) is 6.67. The summed E-state index contributed by atoms with van der Waals surface area (Å²) in [6.45, 7) is 1.17. The van der Waals surface area contributed by atoms with E-state index in [-0.39, 0.29) is 34.9 Å². The van der Waals surface area contributed by atoms with E-state index in [4.69, 9.17) is 0 Å². The zero-order valence-corrected chi connectivity index (χ0v) is 15.0. The van der Waals surface area contributed by atoms with Gasteiger partial charge in [0.1, 0.15) is 0 Å². The Morgan fingerprint density at radius 2 is 2.08 bits per heavy atom. The molecule has 2 heterocycles. The van der Waals surface area contributed by atoms with Crippen LogP contribution in [0.1, 0.15) is 28.3 Å². The van der Waals surface area contributed by atoms with Crippen molar-refractivity contribution >= 4 is 34.7 Å². The molecule has 0 bridgehead atoms. The fourth-order valence-electron chi connectivity index (χ4n) is 2.94. The number of nitrogens with one attached hydrogen (secondary N) is 2. The number of hydrogen-bond acceptors (Lipinski definition) is 5. The van der Waals surface area contributed by atoms with Crippen LogP contribution in [0.4, 0.5) is 13.8 Å². The van der Waals surface area contributed by atoms with Gasteiger partial charge in [-0.2, -0.15) is 0 Å². The summed E-state index contributed by atoms with van der Waals surface area (Å²) in [6, 6.07) is 4.64. The summed E-state index contributed by atoms with van der Waals surface area (Å²) < 4.78 is 26.7. The van der Waals surface area contributed by atoms with Crippen LogP contribution >= 0.6 is 23.7 Å². The minimum absolute atomic E-state index is 0. The number of benzene rings is 1. The third-order valence-corrected chi connectivity index (χ3v) is 5.08. The lowest BCUT2D eigenvalue weighted by molar-refractivity contribution is -0.380. The van der Waals surface area contributed by atoms with Gasteiger partial charge in [-0.1, -0.05) is 17.4 Å². The molecule has 1 aromatic carbocycles. The van der Waals surface area contributed by atoms with E-state index >= 15 is 0 Å². The van der Waals surface area contributed by atoms with E-state index < -0.39 is 22.5 Å². The fraction of sp³-hybridized carbons (Fsp3) is 0.312. The molecule has 26 heavy (non-hydrogen) atoms. The number of piperidine rings is 1. The van der Waals surface area contributed by atoms with Crippen molar-refractivity contribution in [2.45, 2.75) is 18.4 Å². The predicted molar refractivity (Wildman–Crippen MR) is 96.1 cm³/mol. The van der Waals surface area contributed by atoms with Crippen LogP contribution in [0.5, 0.6) is 0 Å². The molecule has 140 valence electrons. The molecule has 0 saturated carbocycles. The van der Waals surface area contributed by atoms with Crippen LogP contribution in [0, 0.1) is 21.7 Å². The molecular weight excluding hydrogens is 388 g/mol. The average Bonchev–Trinajstić information content (AvgIpc) is 3.08. The van der Waals surface area contributed by atoms with Gasteiger partial charge in [-0.25, -0.2) is 8.78 Å². The summed E-state index contributed by atoms with van der Waals surface area (Å²) in [4.78, 5) is 22.5. The molecule has 2 aromatic rings. The van der Waals surface area contributed by atoms with Crippen molar-refractivity contribution in [1.82, 2.24) is 10.6 Å². The molecule has 2 atom stereocenters. The maximum absolute atomic E-state index is 13.5. The Kier molecular flexibility index (Phi) is 6.63. The van der Waals surface area contributed by atoms with Gasteiger partial charge in [0.2, 0.25) is 0 Å². The van der Waals surface area contributed by atoms with Gasteiger partial charge >= 0.3 is 5.00 Å². The van der Waals surface area contributed by atoms with Crippen LogP contribution < -0.4 is 10.6 Å². The minimum atomic E-state index is -0.922. The monoisotopic (exact) mass is 403 g/mol. The van der Waals surface area contributed by atoms with Crippen molar-refractivity contribution in [2.24, 2.45) is 0 Å². The summed E-state index contributed by atoms with van der Waals surface area (Å²) in [5, 5.41) is 18.0. The molecule has 0 aliphatic carbocycles. The van der Waals surface area contributed by atoms with Crippen molar-refractivity contribution in [3.8, 4) is 0 Å². The molecule has 2 unspecified atom stereocenters. The molecule has 1 aromatic heterocycles. The van der Waals surface area contributed by atoms with E-state index in [0.717, 1.165) is 23.5 Å². The Balaban J connectivity index is 0.00000243. The van der Waals surface area contributed by atoms with Gasteiger partial charge in [-0.05, 0) is 30.7 Å². The number of hydrogen-bond donors (Lipinski definition) is 2.